The fourth-order valence-corrected chi connectivity index (χ4v) is 4.92. The first-order chi connectivity index (χ1) is 19.0. The highest BCUT2D eigenvalue weighted by atomic mass is 19.1. The van der Waals surface area contributed by atoms with Crippen molar-refractivity contribution in [3.8, 4) is 0 Å². The topological polar surface area (TPSA) is 95.7 Å². The molecule has 0 radical (unpaired) electrons. The first-order valence-electron chi connectivity index (χ1n) is 13.7. The average molecular weight is 552 g/mol. The van der Waals surface area contributed by atoms with Crippen LogP contribution >= 0.6 is 0 Å². The van der Waals surface area contributed by atoms with Gasteiger partial charge in [-0.15, -0.1) is 0 Å². The molecule has 3 rings (SSSR count). The summed E-state index contributed by atoms with van der Waals surface area (Å²) >= 11 is 0. The zero-order valence-corrected chi connectivity index (χ0v) is 23.6. The van der Waals surface area contributed by atoms with E-state index in [1.807, 2.05) is 26.0 Å². The number of nitrogens with zero attached hydrogens (tertiary/aromatic N) is 1. The van der Waals surface area contributed by atoms with E-state index in [0.717, 1.165) is 18.1 Å². The van der Waals surface area contributed by atoms with E-state index in [9.17, 15) is 23.5 Å². The Kier molecular flexibility index (Phi) is 10.9. The van der Waals surface area contributed by atoms with Gasteiger partial charge in [0.2, 0.25) is 5.91 Å². The minimum absolute atomic E-state index is 0.0212. The molecule has 3 aromatic rings. The molecule has 0 unspecified atom stereocenters. The van der Waals surface area contributed by atoms with Crippen molar-refractivity contribution in [1.82, 2.24) is 10.2 Å². The third-order valence-electron chi connectivity index (χ3n) is 7.16. The Morgan fingerprint density at radius 3 is 2.23 bits per heavy atom. The number of hydrogen-bond acceptors (Lipinski definition) is 4. The number of carbonyl (C=O) groups excluding carboxylic acids is 2. The Morgan fingerprint density at radius 1 is 0.950 bits per heavy atom. The van der Waals surface area contributed by atoms with E-state index in [1.165, 1.54) is 23.8 Å². The molecule has 0 saturated carbocycles. The number of halogens is 2. The van der Waals surface area contributed by atoms with Gasteiger partial charge in [0.1, 0.15) is 11.6 Å². The van der Waals surface area contributed by atoms with Crippen LogP contribution in [0.15, 0.2) is 60.7 Å². The third kappa shape index (κ3) is 8.19. The molecular weight excluding hydrogens is 512 g/mol. The minimum Gasteiger partial charge on any atom is -0.390 e. The van der Waals surface area contributed by atoms with Crippen molar-refractivity contribution >= 4 is 11.8 Å². The van der Waals surface area contributed by atoms with Crippen LogP contribution in [-0.2, 0) is 19.4 Å². The molecule has 8 heteroatoms. The molecule has 0 aliphatic rings. The maximum Gasteiger partial charge on any atom is 0.254 e. The summed E-state index contributed by atoms with van der Waals surface area (Å²) in [6.07, 6.45) is 0.426. The lowest BCUT2D eigenvalue weighted by molar-refractivity contribution is 0.0219. The van der Waals surface area contributed by atoms with E-state index < -0.39 is 35.6 Å². The molecule has 0 aliphatic carbocycles. The van der Waals surface area contributed by atoms with Crippen LogP contribution in [0.4, 0.5) is 8.78 Å². The van der Waals surface area contributed by atoms with Gasteiger partial charge in [0.15, 0.2) is 0 Å². The summed E-state index contributed by atoms with van der Waals surface area (Å²) in [6.45, 7) is 8.26. The molecule has 0 aliphatic heterocycles. The lowest BCUT2D eigenvalue weighted by atomic mass is 9.95. The van der Waals surface area contributed by atoms with Gasteiger partial charge in [-0.05, 0) is 85.7 Å². The Labute approximate surface area is 235 Å². The molecule has 214 valence electrons. The lowest BCUT2D eigenvalue weighted by Gasteiger charge is -2.39. The van der Waals surface area contributed by atoms with Crippen molar-refractivity contribution in [3.05, 3.63) is 106 Å². The number of aliphatic hydroxyl groups excluding tert-OH is 1. The maximum absolute atomic E-state index is 14.1. The Morgan fingerprint density at radius 2 is 1.60 bits per heavy atom. The van der Waals surface area contributed by atoms with E-state index in [4.69, 9.17) is 5.73 Å². The number of aryl methyl sites for hydroxylation is 2. The van der Waals surface area contributed by atoms with Crippen LogP contribution in [0.25, 0.3) is 0 Å². The SMILES string of the molecule is CCc1cccc(CNC[C@@H](O)[C@H](Cc2cc(F)cc(F)c2)N(C(=O)c2cc(C)cc(C(N)=O)c2)[C@H](C)CC)c1. The van der Waals surface area contributed by atoms with Gasteiger partial charge in [0.05, 0.1) is 12.1 Å². The Hall–Kier alpha value is -3.62. The summed E-state index contributed by atoms with van der Waals surface area (Å²) in [5.74, 6) is -2.53. The number of amides is 2. The summed E-state index contributed by atoms with van der Waals surface area (Å²) in [4.78, 5) is 27.5. The molecular formula is C32H39F2N3O3. The van der Waals surface area contributed by atoms with Gasteiger partial charge in [-0.1, -0.05) is 38.1 Å². The van der Waals surface area contributed by atoms with E-state index in [0.29, 0.717) is 24.1 Å². The van der Waals surface area contributed by atoms with Crippen molar-refractivity contribution in [3.63, 3.8) is 0 Å². The molecule has 2 amide bonds. The quantitative estimate of drug-likeness (QED) is 0.281. The predicted molar refractivity (Wildman–Crippen MR) is 153 cm³/mol. The summed E-state index contributed by atoms with van der Waals surface area (Å²) < 4.78 is 28.2. The van der Waals surface area contributed by atoms with Crippen LogP contribution in [-0.4, -0.2) is 46.6 Å². The van der Waals surface area contributed by atoms with Crippen LogP contribution in [0.2, 0.25) is 0 Å². The smallest absolute Gasteiger partial charge is 0.254 e. The van der Waals surface area contributed by atoms with Gasteiger partial charge in [-0.3, -0.25) is 9.59 Å². The highest BCUT2D eigenvalue weighted by molar-refractivity contribution is 5.99. The van der Waals surface area contributed by atoms with Gasteiger partial charge in [-0.2, -0.15) is 0 Å². The number of rotatable bonds is 13. The van der Waals surface area contributed by atoms with Crippen LogP contribution < -0.4 is 11.1 Å². The zero-order chi connectivity index (χ0) is 29.4. The molecule has 4 N–H and O–H groups in total. The highest BCUT2D eigenvalue weighted by Crippen LogP contribution is 2.23. The van der Waals surface area contributed by atoms with Gasteiger partial charge in [0.25, 0.3) is 5.91 Å². The predicted octanol–water partition coefficient (Wildman–Crippen LogP) is 4.94. The number of nitrogens with one attached hydrogen (secondary N) is 1. The third-order valence-corrected chi connectivity index (χ3v) is 7.16. The normalized spacial score (nSPS) is 13.5. The van der Waals surface area contributed by atoms with Crippen LogP contribution in [0.1, 0.15) is 70.2 Å². The van der Waals surface area contributed by atoms with E-state index in [1.54, 1.807) is 24.0 Å². The van der Waals surface area contributed by atoms with Crippen molar-refractivity contribution in [2.45, 2.75) is 71.7 Å². The second-order valence-corrected chi connectivity index (χ2v) is 10.3. The fourth-order valence-electron chi connectivity index (χ4n) is 4.92. The van der Waals surface area contributed by atoms with E-state index in [-0.39, 0.29) is 30.1 Å². The molecule has 0 bridgehead atoms. The molecule has 0 aromatic heterocycles. The van der Waals surface area contributed by atoms with Crippen molar-refractivity contribution in [2.75, 3.05) is 6.54 Å². The summed E-state index contributed by atoms with van der Waals surface area (Å²) in [7, 11) is 0. The monoisotopic (exact) mass is 551 g/mol. The summed E-state index contributed by atoms with van der Waals surface area (Å²) in [5, 5.41) is 14.7. The Bertz CT molecular complexity index is 1310. The van der Waals surface area contributed by atoms with Gasteiger partial charge >= 0.3 is 0 Å². The second-order valence-electron chi connectivity index (χ2n) is 10.3. The standard InChI is InChI=1S/C32H39F2N3O3/c1-5-21(4)37(32(40)26-11-20(3)10-25(16-26)31(35)39)29(15-24-13-27(33)17-28(34)14-24)30(38)19-36-18-23-9-7-8-22(6-2)12-23/h7-14,16-17,21,29-30,36,38H,5-6,15,18-19H2,1-4H3,(H2,35,39)/t21-,29+,30-/m1/s1. The highest BCUT2D eigenvalue weighted by Gasteiger charge is 2.34. The van der Waals surface area contributed by atoms with Crippen LogP contribution in [0.3, 0.4) is 0 Å². The largest absolute Gasteiger partial charge is 0.390 e. The van der Waals surface area contributed by atoms with Crippen molar-refractivity contribution in [1.29, 1.82) is 0 Å². The fraction of sp³-hybridized carbons (Fsp3) is 0.375. The van der Waals surface area contributed by atoms with Gasteiger partial charge in [-0.25, -0.2) is 8.78 Å². The van der Waals surface area contributed by atoms with E-state index >= 15 is 0 Å². The average Bonchev–Trinajstić information content (AvgIpc) is 2.91. The van der Waals surface area contributed by atoms with E-state index in [2.05, 4.69) is 24.4 Å². The number of nitrogens with two attached hydrogens (primary N) is 1. The number of carbonyl (C=O) groups is 2. The molecule has 40 heavy (non-hydrogen) atoms. The van der Waals surface area contributed by atoms with Crippen LogP contribution in [0.5, 0.6) is 0 Å². The van der Waals surface area contributed by atoms with Gasteiger partial charge < -0.3 is 21.1 Å². The molecule has 3 aromatic carbocycles. The van der Waals surface area contributed by atoms with Crippen LogP contribution in [0, 0.1) is 18.6 Å². The Balaban J connectivity index is 1.96. The first kappa shape index (κ1) is 30.9. The zero-order valence-electron chi connectivity index (χ0n) is 23.6. The molecule has 6 nitrogen and oxygen atoms in total. The molecule has 0 fully saturated rings. The van der Waals surface area contributed by atoms with Crippen molar-refractivity contribution in [2.24, 2.45) is 5.73 Å². The summed E-state index contributed by atoms with van der Waals surface area (Å²) in [5.41, 5.74) is 9.21. The first-order valence-corrected chi connectivity index (χ1v) is 13.7. The number of benzene rings is 3. The number of primary amides is 1. The molecule has 3 atom stereocenters. The molecule has 0 saturated heterocycles. The van der Waals surface area contributed by atoms with Gasteiger partial charge in [0, 0.05) is 36.3 Å². The number of aliphatic hydroxyl groups is 1. The minimum atomic E-state index is -1.07. The molecule has 0 heterocycles. The lowest BCUT2D eigenvalue weighted by Crippen LogP contribution is -2.54. The van der Waals surface area contributed by atoms with Crippen molar-refractivity contribution < 1.29 is 23.5 Å². The molecule has 0 spiro atoms. The number of hydrogen-bond donors (Lipinski definition) is 3. The maximum atomic E-state index is 14.1. The second kappa shape index (κ2) is 14.1. The summed E-state index contributed by atoms with van der Waals surface area (Å²) in [6, 6.07) is 14.9.